The number of benzene rings is 1. The first kappa shape index (κ1) is 16.6. The molecule has 0 radical (unpaired) electrons. The number of hydrogen-bond donors (Lipinski definition) is 2. The van der Waals surface area contributed by atoms with Crippen LogP contribution in [-0.4, -0.2) is 15.9 Å². The molecule has 1 amide bonds. The Bertz CT molecular complexity index is 815. The second kappa shape index (κ2) is 8.06. The molecule has 0 atom stereocenters. The van der Waals surface area contributed by atoms with Crippen molar-refractivity contribution in [3.8, 4) is 0 Å². The molecule has 0 spiro atoms. The van der Waals surface area contributed by atoms with Crippen molar-refractivity contribution < 1.29 is 4.79 Å². The quantitative estimate of drug-likeness (QED) is 0.724. The maximum Gasteiger partial charge on any atom is 0.228 e. The minimum atomic E-state index is -0.0557. The van der Waals surface area contributed by atoms with Crippen LogP contribution in [0.1, 0.15) is 16.8 Å². The predicted molar refractivity (Wildman–Crippen MR) is 99.3 cm³/mol. The molecule has 0 unspecified atom stereocenters. The molecule has 0 fully saturated rings. The molecule has 5 nitrogen and oxygen atoms in total. The lowest BCUT2D eigenvalue weighted by Gasteiger charge is -2.08. The van der Waals surface area contributed by atoms with E-state index in [4.69, 9.17) is 0 Å². The van der Waals surface area contributed by atoms with Gasteiger partial charge in [-0.05, 0) is 36.8 Å². The molecule has 1 aromatic carbocycles. The Kier molecular flexibility index (Phi) is 5.36. The number of rotatable bonds is 6. The van der Waals surface area contributed by atoms with Crippen molar-refractivity contribution in [1.82, 2.24) is 9.97 Å². The highest BCUT2D eigenvalue weighted by atomic mass is 16.1. The van der Waals surface area contributed by atoms with E-state index in [9.17, 15) is 4.79 Å². The first-order valence-corrected chi connectivity index (χ1v) is 8.14. The number of carbonyl (C=O) groups is 1. The van der Waals surface area contributed by atoms with Crippen LogP contribution in [0.25, 0.3) is 0 Å². The van der Waals surface area contributed by atoms with Crippen LogP contribution in [0, 0.1) is 6.92 Å². The van der Waals surface area contributed by atoms with Gasteiger partial charge in [0.25, 0.3) is 0 Å². The van der Waals surface area contributed by atoms with Gasteiger partial charge in [-0.15, -0.1) is 0 Å². The van der Waals surface area contributed by atoms with Crippen LogP contribution < -0.4 is 10.6 Å². The molecular weight excluding hydrogens is 312 g/mol. The van der Waals surface area contributed by atoms with Gasteiger partial charge in [0.2, 0.25) is 5.91 Å². The zero-order valence-electron chi connectivity index (χ0n) is 14.1. The van der Waals surface area contributed by atoms with E-state index >= 15 is 0 Å². The molecule has 0 aliphatic heterocycles. The summed E-state index contributed by atoms with van der Waals surface area (Å²) in [6.07, 6.45) is 3.75. The largest absolute Gasteiger partial charge is 0.364 e. The van der Waals surface area contributed by atoms with Crippen molar-refractivity contribution >= 4 is 17.4 Å². The molecular formula is C20H20N4O. The van der Waals surface area contributed by atoms with Gasteiger partial charge in [-0.1, -0.05) is 35.9 Å². The van der Waals surface area contributed by atoms with Crippen LogP contribution in [0.15, 0.2) is 67.0 Å². The number of aryl methyl sites for hydroxylation is 1. The summed E-state index contributed by atoms with van der Waals surface area (Å²) in [6, 6.07) is 17.4. The van der Waals surface area contributed by atoms with Gasteiger partial charge in [0, 0.05) is 6.20 Å². The van der Waals surface area contributed by atoms with Crippen LogP contribution in [0.5, 0.6) is 0 Å². The molecule has 0 aliphatic carbocycles. The Balaban J connectivity index is 1.51. The molecule has 25 heavy (non-hydrogen) atoms. The Morgan fingerprint density at radius 1 is 1.00 bits per heavy atom. The average molecular weight is 332 g/mol. The van der Waals surface area contributed by atoms with E-state index < -0.39 is 0 Å². The highest BCUT2D eigenvalue weighted by Crippen LogP contribution is 2.12. The third-order valence-corrected chi connectivity index (χ3v) is 3.71. The second-order valence-electron chi connectivity index (χ2n) is 5.82. The number of anilines is 2. The van der Waals surface area contributed by atoms with Gasteiger partial charge in [-0.2, -0.15) is 0 Å². The van der Waals surface area contributed by atoms with Gasteiger partial charge in [-0.3, -0.25) is 9.78 Å². The summed E-state index contributed by atoms with van der Waals surface area (Å²) in [6.45, 7) is 2.63. The van der Waals surface area contributed by atoms with Crippen molar-refractivity contribution in [2.24, 2.45) is 0 Å². The molecule has 126 valence electrons. The van der Waals surface area contributed by atoms with Gasteiger partial charge >= 0.3 is 0 Å². The molecule has 2 N–H and O–H groups in total. The van der Waals surface area contributed by atoms with E-state index in [1.54, 1.807) is 12.4 Å². The van der Waals surface area contributed by atoms with Crippen LogP contribution in [-0.2, 0) is 17.8 Å². The molecule has 2 aromatic heterocycles. The second-order valence-corrected chi connectivity index (χ2v) is 5.82. The summed E-state index contributed by atoms with van der Waals surface area (Å²) >= 11 is 0. The minimum absolute atomic E-state index is 0.0557. The lowest BCUT2D eigenvalue weighted by Crippen LogP contribution is -2.14. The predicted octanol–water partition coefficient (Wildman–Crippen LogP) is 3.58. The van der Waals surface area contributed by atoms with Crippen LogP contribution in [0.2, 0.25) is 0 Å². The molecule has 0 aliphatic rings. The van der Waals surface area contributed by atoms with E-state index in [1.807, 2.05) is 61.5 Å². The van der Waals surface area contributed by atoms with Crippen molar-refractivity contribution in [3.05, 3.63) is 83.8 Å². The Hall–Kier alpha value is -3.21. The summed E-state index contributed by atoms with van der Waals surface area (Å²) in [5.74, 6) is 0.682. The lowest BCUT2D eigenvalue weighted by atomic mass is 10.1. The van der Waals surface area contributed by atoms with Gasteiger partial charge in [0.1, 0.15) is 5.82 Å². The summed E-state index contributed by atoms with van der Waals surface area (Å²) in [5.41, 5.74) is 3.80. The topological polar surface area (TPSA) is 66.9 Å². The number of hydrogen-bond acceptors (Lipinski definition) is 4. The number of pyridine rings is 2. The number of nitrogens with zero attached hydrogens (tertiary/aromatic N) is 2. The molecule has 0 bridgehead atoms. The molecule has 0 saturated heterocycles. The van der Waals surface area contributed by atoms with Crippen LogP contribution >= 0.6 is 0 Å². The van der Waals surface area contributed by atoms with Gasteiger partial charge in [-0.25, -0.2) is 4.98 Å². The van der Waals surface area contributed by atoms with Crippen LogP contribution in [0.3, 0.4) is 0 Å². The van der Waals surface area contributed by atoms with E-state index in [1.165, 1.54) is 5.56 Å². The third-order valence-electron chi connectivity index (χ3n) is 3.71. The number of aromatic nitrogens is 2. The highest BCUT2D eigenvalue weighted by Gasteiger charge is 2.05. The van der Waals surface area contributed by atoms with E-state index in [-0.39, 0.29) is 5.91 Å². The molecule has 2 heterocycles. The minimum Gasteiger partial charge on any atom is -0.364 e. The number of amides is 1. The first-order chi connectivity index (χ1) is 12.2. The van der Waals surface area contributed by atoms with Crippen LogP contribution in [0.4, 0.5) is 11.5 Å². The smallest absolute Gasteiger partial charge is 0.228 e. The fraction of sp³-hybridized carbons (Fsp3) is 0.150. The van der Waals surface area contributed by atoms with Gasteiger partial charge < -0.3 is 10.6 Å². The highest BCUT2D eigenvalue weighted by molar-refractivity contribution is 5.92. The maximum absolute atomic E-state index is 12.1. The number of nitrogens with one attached hydrogen (secondary N) is 2. The molecule has 3 aromatic rings. The van der Waals surface area contributed by atoms with E-state index in [0.29, 0.717) is 18.7 Å². The zero-order chi connectivity index (χ0) is 17.5. The number of carbonyl (C=O) groups excluding carboxylic acids is 1. The molecule has 0 saturated carbocycles. The fourth-order valence-corrected chi connectivity index (χ4v) is 2.35. The monoisotopic (exact) mass is 332 g/mol. The fourth-order valence-electron chi connectivity index (χ4n) is 2.35. The molecule has 3 rings (SSSR count). The van der Waals surface area contributed by atoms with Crippen molar-refractivity contribution in [1.29, 1.82) is 0 Å². The Morgan fingerprint density at radius 2 is 1.84 bits per heavy atom. The SMILES string of the molecule is Cc1ccc(CC(=O)Nc2ccc(NCc3ccccn3)nc2)cc1. The summed E-state index contributed by atoms with van der Waals surface area (Å²) in [7, 11) is 0. The Morgan fingerprint density at radius 3 is 2.52 bits per heavy atom. The summed E-state index contributed by atoms with van der Waals surface area (Å²) in [4.78, 5) is 20.7. The zero-order valence-corrected chi connectivity index (χ0v) is 14.1. The Labute approximate surface area is 147 Å². The molecule has 5 heteroatoms. The maximum atomic E-state index is 12.1. The van der Waals surface area contributed by atoms with Crippen molar-refractivity contribution in [2.45, 2.75) is 19.9 Å². The lowest BCUT2D eigenvalue weighted by molar-refractivity contribution is -0.115. The average Bonchev–Trinajstić information content (AvgIpc) is 2.64. The standard InChI is InChI=1S/C20H20N4O/c1-15-5-7-16(8-6-15)12-20(25)24-18-9-10-19(23-14-18)22-13-17-4-2-3-11-21-17/h2-11,14H,12-13H2,1H3,(H,22,23)(H,24,25). The van der Waals surface area contributed by atoms with E-state index in [0.717, 1.165) is 17.1 Å². The summed E-state index contributed by atoms with van der Waals surface area (Å²) < 4.78 is 0. The van der Waals surface area contributed by atoms with Crippen molar-refractivity contribution in [3.63, 3.8) is 0 Å². The third kappa shape index (κ3) is 5.14. The summed E-state index contributed by atoms with van der Waals surface area (Å²) in [5, 5.41) is 6.06. The van der Waals surface area contributed by atoms with Gasteiger partial charge in [0.15, 0.2) is 0 Å². The normalized spacial score (nSPS) is 10.3. The van der Waals surface area contributed by atoms with E-state index in [2.05, 4.69) is 20.6 Å². The first-order valence-electron chi connectivity index (χ1n) is 8.14. The van der Waals surface area contributed by atoms with Crippen molar-refractivity contribution in [2.75, 3.05) is 10.6 Å². The van der Waals surface area contributed by atoms with Gasteiger partial charge in [0.05, 0.1) is 30.5 Å².